The fourth-order valence-corrected chi connectivity index (χ4v) is 7.20. The van der Waals surface area contributed by atoms with E-state index in [0.717, 1.165) is 38.5 Å². The molecule has 1 N–H and O–H groups in total. The molecule has 1 unspecified atom stereocenters. The fraction of sp³-hybridized carbons (Fsp3) is 0.917. The molecule has 0 spiro atoms. The van der Waals surface area contributed by atoms with Crippen LogP contribution in [0, 0.1) is 0 Å². The summed E-state index contributed by atoms with van der Waals surface area (Å²) >= 11 is 0. The monoisotopic (exact) mass is 749 g/mol. The van der Waals surface area contributed by atoms with Crippen LogP contribution < -0.4 is 0 Å². The van der Waals surface area contributed by atoms with Crippen LogP contribution in [0.1, 0.15) is 264 Å². The lowest BCUT2D eigenvalue weighted by Crippen LogP contribution is -2.28. The van der Waals surface area contributed by atoms with Crippen LogP contribution in [0.4, 0.5) is 0 Å². The van der Waals surface area contributed by atoms with Crippen LogP contribution in [0.2, 0.25) is 0 Å². The maximum atomic E-state index is 12.2. The van der Waals surface area contributed by atoms with Crippen LogP contribution in [-0.2, 0) is 19.1 Å². The molecular formula is C48H92O5. The molecule has 1 atom stereocenters. The predicted molar refractivity (Wildman–Crippen MR) is 228 cm³/mol. The zero-order chi connectivity index (χ0) is 38.6. The van der Waals surface area contributed by atoms with Crippen molar-refractivity contribution in [1.29, 1.82) is 0 Å². The van der Waals surface area contributed by atoms with Gasteiger partial charge in [-0.05, 0) is 38.5 Å². The van der Waals surface area contributed by atoms with Crippen molar-refractivity contribution in [2.45, 2.75) is 270 Å². The Morgan fingerprint density at radius 1 is 0.415 bits per heavy atom. The smallest absolute Gasteiger partial charge is 0.306 e. The number of ether oxygens (including phenoxy) is 2. The van der Waals surface area contributed by atoms with E-state index in [1.54, 1.807) is 0 Å². The van der Waals surface area contributed by atoms with Crippen molar-refractivity contribution < 1.29 is 24.2 Å². The second kappa shape index (κ2) is 45.0. The van der Waals surface area contributed by atoms with Crippen LogP contribution in [-0.4, -0.2) is 36.4 Å². The summed E-state index contributed by atoms with van der Waals surface area (Å²) in [5.41, 5.74) is 0. The average Bonchev–Trinajstić information content (AvgIpc) is 3.16. The van der Waals surface area contributed by atoms with E-state index in [1.807, 2.05) is 0 Å². The summed E-state index contributed by atoms with van der Waals surface area (Å²) in [6.45, 7) is 4.15. The van der Waals surface area contributed by atoms with Gasteiger partial charge in [0, 0.05) is 12.8 Å². The Hall–Kier alpha value is -1.36. The summed E-state index contributed by atoms with van der Waals surface area (Å²) < 4.78 is 10.6. The molecule has 314 valence electrons. The van der Waals surface area contributed by atoms with Gasteiger partial charge < -0.3 is 14.6 Å². The number of carbonyl (C=O) groups is 2. The third kappa shape index (κ3) is 43.2. The van der Waals surface area contributed by atoms with Gasteiger partial charge in [0.25, 0.3) is 0 Å². The van der Waals surface area contributed by atoms with Crippen molar-refractivity contribution in [3.8, 4) is 0 Å². The minimum Gasteiger partial charge on any atom is -0.462 e. The average molecular weight is 749 g/mol. The maximum Gasteiger partial charge on any atom is 0.306 e. The fourth-order valence-electron chi connectivity index (χ4n) is 7.20. The predicted octanol–water partition coefficient (Wildman–Crippen LogP) is 15.2. The second-order valence-electron chi connectivity index (χ2n) is 16.2. The van der Waals surface area contributed by atoms with Crippen molar-refractivity contribution in [3.63, 3.8) is 0 Å². The van der Waals surface area contributed by atoms with E-state index in [9.17, 15) is 14.7 Å². The Morgan fingerprint density at radius 2 is 0.698 bits per heavy atom. The van der Waals surface area contributed by atoms with Crippen LogP contribution in [0.3, 0.4) is 0 Å². The lowest BCUT2D eigenvalue weighted by molar-refractivity contribution is -0.161. The van der Waals surface area contributed by atoms with E-state index >= 15 is 0 Å². The van der Waals surface area contributed by atoms with E-state index in [4.69, 9.17) is 9.47 Å². The van der Waals surface area contributed by atoms with Crippen molar-refractivity contribution in [1.82, 2.24) is 0 Å². The van der Waals surface area contributed by atoms with Crippen molar-refractivity contribution in [3.05, 3.63) is 12.2 Å². The van der Waals surface area contributed by atoms with Gasteiger partial charge >= 0.3 is 11.9 Å². The molecule has 0 bridgehead atoms. The molecule has 0 saturated carbocycles. The zero-order valence-electron chi connectivity index (χ0n) is 35.8. The number of aliphatic hydroxyl groups is 1. The number of hydrogen-bond donors (Lipinski definition) is 1. The Kier molecular flexibility index (Phi) is 43.9. The van der Waals surface area contributed by atoms with Gasteiger partial charge in [-0.3, -0.25) is 9.59 Å². The summed E-state index contributed by atoms with van der Waals surface area (Å²) in [5, 5.41) is 9.58. The van der Waals surface area contributed by atoms with Gasteiger partial charge in [0.1, 0.15) is 6.61 Å². The molecule has 0 rings (SSSR count). The molecule has 0 aliphatic rings. The number of hydrogen-bond acceptors (Lipinski definition) is 5. The number of aliphatic hydroxyl groups excluding tert-OH is 1. The van der Waals surface area contributed by atoms with Crippen LogP contribution >= 0.6 is 0 Å². The number of carbonyl (C=O) groups excluding carboxylic acids is 2. The van der Waals surface area contributed by atoms with E-state index < -0.39 is 6.10 Å². The first-order valence-electron chi connectivity index (χ1n) is 23.7. The largest absolute Gasteiger partial charge is 0.462 e. The molecular weight excluding hydrogens is 657 g/mol. The van der Waals surface area contributed by atoms with Crippen LogP contribution in [0.25, 0.3) is 0 Å². The SMILES string of the molecule is CCCCCC/C=C\CCCCCCCC(=O)OC(CO)COC(=O)CCCCCCCCCCCCCCCCCCCCCCCCCCCC. The molecule has 0 aliphatic heterocycles. The number of allylic oxidation sites excluding steroid dienone is 2. The summed E-state index contributed by atoms with van der Waals surface area (Å²) in [7, 11) is 0. The van der Waals surface area contributed by atoms with Gasteiger partial charge in [-0.15, -0.1) is 0 Å². The van der Waals surface area contributed by atoms with Crippen molar-refractivity contribution in [2.75, 3.05) is 13.2 Å². The minimum atomic E-state index is -0.769. The standard InChI is InChI=1S/C48H92O5/c1-3-5-7-9-11-13-15-17-18-19-20-21-22-23-24-25-26-27-28-29-31-32-34-36-38-40-42-47(50)52-45-46(44-49)53-48(51)43-41-39-37-35-33-30-16-14-12-10-8-6-4-2/h14,16,46,49H,3-13,15,17-45H2,1-2H3/b16-14-. The molecule has 0 fully saturated rings. The van der Waals surface area contributed by atoms with Crippen LogP contribution in [0.15, 0.2) is 12.2 Å². The summed E-state index contributed by atoms with van der Waals surface area (Å²) in [6.07, 6.45) is 53.1. The quantitative estimate of drug-likeness (QED) is 0.0381. The van der Waals surface area contributed by atoms with Gasteiger partial charge in [0.05, 0.1) is 6.61 Å². The van der Waals surface area contributed by atoms with Gasteiger partial charge in [0.15, 0.2) is 6.10 Å². The molecule has 0 radical (unpaired) electrons. The molecule has 0 aromatic rings. The van der Waals surface area contributed by atoms with E-state index in [0.29, 0.717) is 12.8 Å². The highest BCUT2D eigenvalue weighted by molar-refractivity contribution is 5.70. The minimum absolute atomic E-state index is 0.0628. The first-order valence-corrected chi connectivity index (χ1v) is 23.7. The Labute approximate surface area is 331 Å². The Morgan fingerprint density at radius 3 is 1.04 bits per heavy atom. The highest BCUT2D eigenvalue weighted by Crippen LogP contribution is 2.17. The second-order valence-corrected chi connectivity index (χ2v) is 16.2. The lowest BCUT2D eigenvalue weighted by atomic mass is 10.0. The molecule has 0 amide bonds. The third-order valence-electron chi connectivity index (χ3n) is 10.8. The van der Waals surface area contributed by atoms with E-state index in [2.05, 4.69) is 26.0 Å². The molecule has 0 saturated heterocycles. The van der Waals surface area contributed by atoms with Crippen molar-refractivity contribution in [2.24, 2.45) is 0 Å². The maximum absolute atomic E-state index is 12.2. The Bertz CT molecular complexity index is 765. The first kappa shape index (κ1) is 51.6. The highest BCUT2D eigenvalue weighted by Gasteiger charge is 2.16. The summed E-state index contributed by atoms with van der Waals surface area (Å²) in [5.74, 6) is -0.586. The molecule has 53 heavy (non-hydrogen) atoms. The van der Waals surface area contributed by atoms with Gasteiger partial charge in [-0.1, -0.05) is 225 Å². The Balaban J connectivity index is 3.41. The van der Waals surface area contributed by atoms with Gasteiger partial charge in [-0.2, -0.15) is 0 Å². The van der Waals surface area contributed by atoms with E-state index in [-0.39, 0.29) is 25.2 Å². The van der Waals surface area contributed by atoms with E-state index in [1.165, 1.54) is 199 Å². The van der Waals surface area contributed by atoms with Gasteiger partial charge in [-0.25, -0.2) is 0 Å². The van der Waals surface area contributed by atoms with Crippen LogP contribution in [0.5, 0.6) is 0 Å². The summed E-state index contributed by atoms with van der Waals surface area (Å²) in [4.78, 5) is 24.3. The molecule has 0 aromatic carbocycles. The molecule has 5 nitrogen and oxygen atoms in total. The number of unbranched alkanes of at least 4 members (excludes halogenated alkanes) is 34. The normalized spacial score (nSPS) is 12.1. The topological polar surface area (TPSA) is 72.8 Å². The zero-order valence-corrected chi connectivity index (χ0v) is 35.8. The molecule has 0 aliphatic carbocycles. The number of esters is 2. The highest BCUT2D eigenvalue weighted by atomic mass is 16.6. The molecule has 0 heterocycles. The van der Waals surface area contributed by atoms with Crippen molar-refractivity contribution >= 4 is 11.9 Å². The third-order valence-corrected chi connectivity index (χ3v) is 10.8. The number of rotatable bonds is 44. The lowest BCUT2D eigenvalue weighted by Gasteiger charge is -2.15. The summed E-state index contributed by atoms with van der Waals surface area (Å²) in [6, 6.07) is 0. The van der Waals surface area contributed by atoms with Gasteiger partial charge in [0.2, 0.25) is 0 Å². The molecule has 5 heteroatoms. The molecule has 0 aromatic heterocycles. The first-order chi connectivity index (χ1) is 26.1.